The topological polar surface area (TPSA) is 15.3 Å². The maximum Gasteiger partial charge on any atom is 0.0574 e. The van der Waals surface area contributed by atoms with E-state index in [1.54, 1.807) is 0 Å². The van der Waals surface area contributed by atoms with Crippen molar-refractivity contribution in [3.05, 3.63) is 0 Å². The molecule has 0 aliphatic carbocycles. The van der Waals surface area contributed by atoms with Gasteiger partial charge in [-0.3, -0.25) is 0 Å². The van der Waals surface area contributed by atoms with Crippen LogP contribution in [0.5, 0.6) is 0 Å². The fraction of sp³-hybridized carbons (Fsp3) is 0.818. The van der Waals surface area contributed by atoms with Gasteiger partial charge >= 0.3 is 0 Å². The molecule has 1 rings (SSSR count). The highest BCUT2D eigenvalue weighted by atomic mass is 15.1. The van der Waals surface area contributed by atoms with Crippen LogP contribution in [0.25, 0.3) is 0 Å². The predicted molar refractivity (Wildman–Crippen MR) is 56.5 cm³/mol. The van der Waals surface area contributed by atoms with Gasteiger partial charge in [0.2, 0.25) is 0 Å². The highest BCUT2D eigenvalue weighted by Crippen LogP contribution is 2.18. The van der Waals surface area contributed by atoms with E-state index in [1.165, 1.54) is 25.9 Å². The Kier molecular flexibility index (Phi) is 4.88. The first kappa shape index (κ1) is 10.6. The van der Waals surface area contributed by atoms with Gasteiger partial charge in [0, 0.05) is 6.42 Å². The van der Waals surface area contributed by atoms with Crippen LogP contribution in [0, 0.1) is 17.8 Å². The summed E-state index contributed by atoms with van der Waals surface area (Å²) in [7, 11) is 4.13. The normalized spacial score (nSPS) is 19.5. The van der Waals surface area contributed by atoms with Gasteiger partial charge in [0.25, 0.3) is 0 Å². The van der Waals surface area contributed by atoms with Gasteiger partial charge in [-0.2, -0.15) is 0 Å². The fourth-order valence-corrected chi connectivity index (χ4v) is 1.63. The zero-order valence-corrected chi connectivity index (χ0v) is 8.77. The lowest BCUT2D eigenvalue weighted by molar-refractivity contribution is 0.222. The number of hydrogen-bond acceptors (Lipinski definition) is 2. The molecule has 0 atom stereocenters. The van der Waals surface area contributed by atoms with Crippen LogP contribution in [0.1, 0.15) is 19.3 Å². The molecule has 0 amide bonds. The molecular formula is C11H20N2. The average molecular weight is 180 g/mol. The number of likely N-dealkylation sites (tertiary alicyclic amines) is 1. The Morgan fingerprint density at radius 2 is 2.00 bits per heavy atom. The van der Waals surface area contributed by atoms with Crippen LogP contribution in [-0.4, -0.2) is 38.6 Å². The zero-order valence-electron chi connectivity index (χ0n) is 8.77. The molecule has 1 saturated heterocycles. The van der Waals surface area contributed by atoms with E-state index in [9.17, 15) is 0 Å². The number of piperidine rings is 1. The number of nitrogens with one attached hydrogen (secondary N) is 1. The number of rotatable bonds is 2. The first-order valence-corrected chi connectivity index (χ1v) is 5.12. The average Bonchev–Trinajstić information content (AvgIpc) is 2.15. The maximum atomic E-state index is 3.24. The molecule has 1 heterocycles. The van der Waals surface area contributed by atoms with Crippen molar-refractivity contribution in [3.8, 4) is 11.8 Å². The van der Waals surface area contributed by atoms with Crippen molar-refractivity contribution in [2.45, 2.75) is 19.3 Å². The zero-order chi connectivity index (χ0) is 9.52. The molecule has 1 aliphatic heterocycles. The third-order valence-corrected chi connectivity index (χ3v) is 2.62. The summed E-state index contributed by atoms with van der Waals surface area (Å²) in [5.74, 6) is 7.21. The van der Waals surface area contributed by atoms with Gasteiger partial charge < -0.3 is 10.2 Å². The van der Waals surface area contributed by atoms with Gasteiger partial charge in [-0.25, -0.2) is 0 Å². The van der Waals surface area contributed by atoms with Crippen molar-refractivity contribution in [2.75, 3.05) is 33.7 Å². The molecule has 74 valence electrons. The molecule has 1 N–H and O–H groups in total. The highest BCUT2D eigenvalue weighted by molar-refractivity contribution is 5.01. The molecule has 0 aromatic heterocycles. The summed E-state index contributed by atoms with van der Waals surface area (Å²) in [5, 5.41) is 3.03. The van der Waals surface area contributed by atoms with Crippen LogP contribution in [0.3, 0.4) is 0 Å². The minimum absolute atomic E-state index is 0.826. The summed E-state index contributed by atoms with van der Waals surface area (Å²) >= 11 is 0. The second-order valence-corrected chi connectivity index (χ2v) is 3.83. The van der Waals surface area contributed by atoms with Gasteiger partial charge in [0.15, 0.2) is 0 Å². The van der Waals surface area contributed by atoms with Gasteiger partial charge in [-0.05, 0) is 45.9 Å². The molecule has 0 unspecified atom stereocenters. The Morgan fingerprint density at radius 1 is 1.31 bits per heavy atom. The van der Waals surface area contributed by atoms with Crippen LogP contribution in [-0.2, 0) is 0 Å². The Hall–Kier alpha value is -0.520. The van der Waals surface area contributed by atoms with E-state index in [0.717, 1.165) is 18.9 Å². The van der Waals surface area contributed by atoms with E-state index in [1.807, 2.05) is 7.05 Å². The van der Waals surface area contributed by atoms with Gasteiger partial charge in [0.05, 0.1) is 6.54 Å². The first-order valence-electron chi connectivity index (χ1n) is 5.12. The standard InChI is InChI=1S/C11H20N2/c1-12-8-4-3-5-11-6-9-13(2)10-7-11/h11-12H,5-10H2,1-2H3. The van der Waals surface area contributed by atoms with E-state index < -0.39 is 0 Å². The SMILES string of the molecule is CNCC#CCC1CCN(C)CC1. The molecule has 13 heavy (non-hydrogen) atoms. The number of hydrogen-bond donors (Lipinski definition) is 1. The summed E-state index contributed by atoms with van der Waals surface area (Å²) in [6, 6.07) is 0. The van der Waals surface area contributed by atoms with Crippen LogP contribution < -0.4 is 5.32 Å². The monoisotopic (exact) mass is 180 g/mol. The predicted octanol–water partition coefficient (Wildman–Crippen LogP) is 0.941. The highest BCUT2D eigenvalue weighted by Gasteiger charge is 2.14. The second kappa shape index (κ2) is 6.01. The molecule has 0 bridgehead atoms. The Bertz CT molecular complexity index is 182. The van der Waals surface area contributed by atoms with E-state index in [0.29, 0.717) is 0 Å². The van der Waals surface area contributed by atoms with Crippen molar-refractivity contribution in [1.82, 2.24) is 10.2 Å². The van der Waals surface area contributed by atoms with Gasteiger partial charge in [-0.15, -0.1) is 5.92 Å². The molecule has 0 spiro atoms. The van der Waals surface area contributed by atoms with Crippen LogP contribution >= 0.6 is 0 Å². The second-order valence-electron chi connectivity index (χ2n) is 3.83. The third-order valence-electron chi connectivity index (χ3n) is 2.62. The Balaban J connectivity index is 2.13. The van der Waals surface area contributed by atoms with E-state index in [4.69, 9.17) is 0 Å². The summed E-state index contributed by atoms with van der Waals surface area (Å²) in [5.41, 5.74) is 0. The lowest BCUT2D eigenvalue weighted by atomic mass is 9.94. The van der Waals surface area contributed by atoms with Crippen molar-refractivity contribution in [3.63, 3.8) is 0 Å². The molecule has 0 aromatic carbocycles. The summed E-state index contributed by atoms with van der Waals surface area (Å²) in [6.45, 7) is 3.32. The Labute approximate surface area is 81.7 Å². The largest absolute Gasteiger partial charge is 0.309 e. The van der Waals surface area contributed by atoms with Crippen molar-refractivity contribution < 1.29 is 0 Å². The molecule has 2 nitrogen and oxygen atoms in total. The molecule has 0 saturated carbocycles. The van der Waals surface area contributed by atoms with Crippen molar-refractivity contribution in [1.29, 1.82) is 0 Å². The minimum Gasteiger partial charge on any atom is -0.309 e. The molecule has 1 fully saturated rings. The van der Waals surface area contributed by atoms with E-state index in [-0.39, 0.29) is 0 Å². The molecule has 0 radical (unpaired) electrons. The molecule has 2 heteroatoms. The van der Waals surface area contributed by atoms with Crippen LogP contribution in [0.2, 0.25) is 0 Å². The fourth-order valence-electron chi connectivity index (χ4n) is 1.63. The van der Waals surface area contributed by atoms with Gasteiger partial charge in [0.1, 0.15) is 0 Å². The van der Waals surface area contributed by atoms with E-state index >= 15 is 0 Å². The van der Waals surface area contributed by atoms with Gasteiger partial charge in [-0.1, -0.05) is 5.92 Å². The van der Waals surface area contributed by atoms with Crippen LogP contribution in [0.4, 0.5) is 0 Å². The lowest BCUT2D eigenvalue weighted by Crippen LogP contribution is -2.29. The number of nitrogens with zero attached hydrogens (tertiary/aromatic N) is 1. The molecule has 0 aromatic rings. The summed E-state index contributed by atoms with van der Waals surface area (Å²) < 4.78 is 0. The summed E-state index contributed by atoms with van der Waals surface area (Å²) in [4.78, 5) is 2.40. The quantitative estimate of drug-likeness (QED) is 0.636. The lowest BCUT2D eigenvalue weighted by Gasteiger charge is -2.27. The first-order chi connectivity index (χ1) is 6.33. The van der Waals surface area contributed by atoms with Crippen molar-refractivity contribution in [2.24, 2.45) is 5.92 Å². The van der Waals surface area contributed by atoms with Crippen LogP contribution in [0.15, 0.2) is 0 Å². The molecular weight excluding hydrogens is 160 g/mol. The smallest absolute Gasteiger partial charge is 0.0574 e. The van der Waals surface area contributed by atoms with Crippen molar-refractivity contribution >= 4 is 0 Å². The maximum absolute atomic E-state index is 3.24. The van der Waals surface area contributed by atoms with E-state index in [2.05, 4.69) is 29.1 Å². The third kappa shape index (κ3) is 4.31. The summed E-state index contributed by atoms with van der Waals surface area (Å²) in [6.07, 6.45) is 3.74. The minimum atomic E-state index is 0.826. The molecule has 1 aliphatic rings. The Morgan fingerprint density at radius 3 is 2.62 bits per heavy atom.